The summed E-state index contributed by atoms with van der Waals surface area (Å²) in [7, 11) is 0. The van der Waals surface area contributed by atoms with Crippen molar-refractivity contribution in [3.8, 4) is 0 Å². The number of hydrogen-bond acceptors (Lipinski definition) is 3. The molecule has 1 aromatic rings. The lowest BCUT2D eigenvalue weighted by Crippen LogP contribution is -2.16. The summed E-state index contributed by atoms with van der Waals surface area (Å²) in [6.45, 7) is 0. The third-order valence-electron chi connectivity index (χ3n) is 2.83. The first-order valence-corrected chi connectivity index (χ1v) is 4.83. The lowest BCUT2D eigenvalue weighted by molar-refractivity contribution is -0.142. The predicted molar refractivity (Wildman–Crippen MR) is 52.3 cm³/mol. The number of carbonyl (C=O) groups excluding carboxylic acids is 1. The first-order chi connectivity index (χ1) is 7.18. The molecule has 1 aliphatic rings. The van der Waals surface area contributed by atoms with Crippen LogP contribution in [-0.2, 0) is 9.59 Å². The molecule has 1 saturated carbocycles. The number of carboxylic acids is 1. The van der Waals surface area contributed by atoms with E-state index in [-0.39, 0.29) is 18.1 Å². The van der Waals surface area contributed by atoms with Gasteiger partial charge in [-0.25, -0.2) is 0 Å². The minimum atomic E-state index is -0.886. The van der Waals surface area contributed by atoms with E-state index in [0.717, 1.165) is 5.56 Å². The van der Waals surface area contributed by atoms with Gasteiger partial charge in [0.05, 0.1) is 5.92 Å². The van der Waals surface area contributed by atoms with Crippen LogP contribution in [0, 0.1) is 5.92 Å². The van der Waals surface area contributed by atoms with Crippen molar-refractivity contribution < 1.29 is 14.7 Å². The highest BCUT2D eigenvalue weighted by atomic mass is 16.4. The summed E-state index contributed by atoms with van der Waals surface area (Å²) in [5, 5.41) is 8.99. The quantitative estimate of drug-likeness (QED) is 0.788. The third kappa shape index (κ3) is 1.88. The van der Waals surface area contributed by atoms with E-state index in [9.17, 15) is 9.59 Å². The van der Waals surface area contributed by atoms with E-state index in [4.69, 9.17) is 5.11 Å². The number of pyridine rings is 1. The molecule has 0 spiro atoms. The summed E-state index contributed by atoms with van der Waals surface area (Å²) in [5.41, 5.74) is 0.892. The second kappa shape index (κ2) is 3.81. The van der Waals surface area contributed by atoms with E-state index >= 15 is 0 Å². The molecule has 0 bridgehead atoms. The number of hydrogen-bond donors (Lipinski definition) is 1. The van der Waals surface area contributed by atoms with Gasteiger partial charge in [0.15, 0.2) is 0 Å². The summed E-state index contributed by atoms with van der Waals surface area (Å²) in [6, 6.07) is 3.55. The third-order valence-corrected chi connectivity index (χ3v) is 2.83. The largest absolute Gasteiger partial charge is 0.481 e. The van der Waals surface area contributed by atoms with Gasteiger partial charge in [0.2, 0.25) is 0 Å². The minimum absolute atomic E-state index is 0.0317. The highest BCUT2D eigenvalue weighted by molar-refractivity contribution is 5.89. The maximum absolute atomic E-state index is 11.3. The molecule has 0 amide bonds. The summed E-state index contributed by atoms with van der Waals surface area (Å²) in [5.74, 6) is -1.61. The van der Waals surface area contributed by atoms with Gasteiger partial charge in [-0.05, 0) is 17.7 Å². The first kappa shape index (κ1) is 9.83. The summed E-state index contributed by atoms with van der Waals surface area (Å²) >= 11 is 0. The van der Waals surface area contributed by atoms with Crippen molar-refractivity contribution >= 4 is 11.8 Å². The molecule has 15 heavy (non-hydrogen) atoms. The smallest absolute Gasteiger partial charge is 0.307 e. The van der Waals surface area contributed by atoms with E-state index in [0.29, 0.717) is 6.42 Å². The molecule has 78 valence electrons. The molecule has 4 heteroatoms. The van der Waals surface area contributed by atoms with Crippen LogP contribution in [0.4, 0.5) is 0 Å². The fourth-order valence-corrected chi connectivity index (χ4v) is 2.08. The van der Waals surface area contributed by atoms with E-state index < -0.39 is 11.9 Å². The molecule has 0 aromatic carbocycles. The Hall–Kier alpha value is -1.71. The van der Waals surface area contributed by atoms with Gasteiger partial charge in [0.25, 0.3) is 0 Å². The molecule has 1 N–H and O–H groups in total. The van der Waals surface area contributed by atoms with Crippen LogP contribution in [0.15, 0.2) is 24.5 Å². The van der Waals surface area contributed by atoms with Gasteiger partial charge in [0.1, 0.15) is 5.78 Å². The van der Waals surface area contributed by atoms with E-state index in [1.54, 1.807) is 24.5 Å². The molecular weight excluding hydrogens is 194 g/mol. The average molecular weight is 205 g/mol. The summed E-state index contributed by atoms with van der Waals surface area (Å²) in [4.78, 5) is 26.1. The second-order valence-electron chi connectivity index (χ2n) is 3.78. The Balaban J connectivity index is 2.28. The molecule has 2 unspecified atom stereocenters. The number of carbonyl (C=O) groups is 2. The number of ketones is 1. The highest BCUT2D eigenvalue weighted by Crippen LogP contribution is 2.37. The van der Waals surface area contributed by atoms with E-state index in [2.05, 4.69) is 4.98 Å². The summed E-state index contributed by atoms with van der Waals surface area (Å²) in [6.07, 6.45) is 3.73. The Kier molecular flexibility index (Phi) is 2.49. The fraction of sp³-hybridized carbons (Fsp3) is 0.364. The maximum atomic E-state index is 11.3. The van der Waals surface area contributed by atoms with Crippen LogP contribution >= 0.6 is 0 Å². The van der Waals surface area contributed by atoms with Crippen molar-refractivity contribution in [2.75, 3.05) is 0 Å². The normalized spacial score (nSPS) is 25.5. The van der Waals surface area contributed by atoms with Gasteiger partial charge in [-0.2, -0.15) is 0 Å². The number of aliphatic carboxylic acids is 1. The van der Waals surface area contributed by atoms with Gasteiger partial charge < -0.3 is 5.11 Å². The molecular formula is C11H11NO3. The average Bonchev–Trinajstić information content (AvgIpc) is 2.62. The Morgan fingerprint density at radius 3 is 2.60 bits per heavy atom. The molecule has 2 atom stereocenters. The van der Waals surface area contributed by atoms with Crippen LogP contribution in [0.5, 0.6) is 0 Å². The second-order valence-corrected chi connectivity index (χ2v) is 3.78. The topological polar surface area (TPSA) is 67.3 Å². The lowest BCUT2D eigenvalue weighted by atomic mass is 9.90. The van der Waals surface area contributed by atoms with Gasteiger partial charge in [-0.3, -0.25) is 14.6 Å². The molecule has 1 aliphatic carbocycles. The Morgan fingerprint density at radius 2 is 2.00 bits per heavy atom. The maximum Gasteiger partial charge on any atom is 0.307 e. The molecule has 0 aliphatic heterocycles. The fourth-order valence-electron chi connectivity index (χ4n) is 2.08. The van der Waals surface area contributed by atoms with Crippen LogP contribution in [-0.4, -0.2) is 21.8 Å². The van der Waals surface area contributed by atoms with Crippen LogP contribution in [0.2, 0.25) is 0 Å². The van der Waals surface area contributed by atoms with Crippen molar-refractivity contribution in [2.45, 2.75) is 18.8 Å². The zero-order chi connectivity index (χ0) is 10.8. The SMILES string of the molecule is O=C1CC(C(=O)O)C(c2ccncc2)C1. The molecule has 1 fully saturated rings. The molecule has 1 aromatic heterocycles. The van der Waals surface area contributed by atoms with Crippen molar-refractivity contribution in [3.05, 3.63) is 30.1 Å². The Labute approximate surface area is 87.0 Å². The number of aromatic nitrogens is 1. The predicted octanol–water partition coefficient (Wildman–Crippen LogP) is 1.23. The van der Waals surface area contributed by atoms with Gasteiger partial charge in [0, 0.05) is 31.2 Å². The van der Waals surface area contributed by atoms with Crippen molar-refractivity contribution in [1.82, 2.24) is 4.98 Å². The molecule has 0 saturated heterocycles. The zero-order valence-corrected chi connectivity index (χ0v) is 8.09. The summed E-state index contributed by atoms with van der Waals surface area (Å²) < 4.78 is 0. The van der Waals surface area contributed by atoms with Gasteiger partial charge in [-0.15, -0.1) is 0 Å². The molecule has 2 rings (SSSR count). The highest BCUT2D eigenvalue weighted by Gasteiger charge is 2.38. The van der Waals surface area contributed by atoms with Crippen molar-refractivity contribution in [2.24, 2.45) is 5.92 Å². The standard InChI is InChI=1S/C11H11NO3/c13-8-5-9(10(6-8)11(14)15)7-1-3-12-4-2-7/h1-4,9-10H,5-6H2,(H,14,15). The Morgan fingerprint density at radius 1 is 1.33 bits per heavy atom. The molecule has 0 radical (unpaired) electrons. The van der Waals surface area contributed by atoms with Crippen LogP contribution in [0.1, 0.15) is 24.3 Å². The minimum Gasteiger partial charge on any atom is -0.481 e. The van der Waals surface area contributed by atoms with Crippen LogP contribution in [0.25, 0.3) is 0 Å². The van der Waals surface area contributed by atoms with Crippen molar-refractivity contribution in [3.63, 3.8) is 0 Å². The number of carboxylic acid groups (broad SMARTS) is 1. The monoisotopic (exact) mass is 205 g/mol. The van der Waals surface area contributed by atoms with Crippen LogP contribution in [0.3, 0.4) is 0 Å². The first-order valence-electron chi connectivity index (χ1n) is 4.83. The Bertz CT molecular complexity index is 388. The zero-order valence-electron chi connectivity index (χ0n) is 8.09. The lowest BCUT2D eigenvalue weighted by Gasteiger charge is -2.14. The number of nitrogens with zero attached hydrogens (tertiary/aromatic N) is 1. The van der Waals surface area contributed by atoms with E-state index in [1.165, 1.54) is 0 Å². The van der Waals surface area contributed by atoms with Gasteiger partial charge >= 0.3 is 5.97 Å². The van der Waals surface area contributed by atoms with E-state index in [1.807, 2.05) is 0 Å². The number of Topliss-reactive ketones (excluding diaryl/α,β-unsaturated/α-hetero) is 1. The molecule has 1 heterocycles. The number of rotatable bonds is 2. The van der Waals surface area contributed by atoms with Crippen LogP contribution < -0.4 is 0 Å². The molecule has 4 nitrogen and oxygen atoms in total. The van der Waals surface area contributed by atoms with Gasteiger partial charge in [-0.1, -0.05) is 0 Å². The van der Waals surface area contributed by atoms with Crippen molar-refractivity contribution in [1.29, 1.82) is 0 Å².